The number of halogens is 1. The van der Waals surface area contributed by atoms with E-state index in [1.54, 1.807) is 6.08 Å². The number of hydrogen-bond donors (Lipinski definition) is 1. The van der Waals surface area contributed by atoms with E-state index in [0.29, 0.717) is 13.0 Å². The summed E-state index contributed by atoms with van der Waals surface area (Å²) in [5.74, 6) is -1.74. The van der Waals surface area contributed by atoms with E-state index in [-0.39, 0.29) is 27.8 Å². The van der Waals surface area contributed by atoms with Crippen molar-refractivity contribution in [1.29, 1.82) is 0 Å². The number of esters is 1. The Kier molecular flexibility index (Phi) is 8.56. The fourth-order valence-corrected chi connectivity index (χ4v) is 5.48. The Morgan fingerprint density at radius 1 is 1.02 bits per heavy atom. The van der Waals surface area contributed by atoms with Crippen LogP contribution in [0.15, 0.2) is 83.9 Å². The highest BCUT2D eigenvalue weighted by molar-refractivity contribution is 8.18. The molecule has 1 aromatic heterocycles. The lowest BCUT2D eigenvalue weighted by Gasteiger charge is -2.13. The lowest BCUT2D eigenvalue weighted by Crippen LogP contribution is -2.36. The van der Waals surface area contributed by atoms with E-state index in [2.05, 4.69) is 9.88 Å². The van der Waals surface area contributed by atoms with Crippen LogP contribution in [0.3, 0.4) is 0 Å². The Hall–Kier alpha value is -4.34. The summed E-state index contributed by atoms with van der Waals surface area (Å²) in [5, 5.41) is 3.22. The number of aromatic nitrogens is 1. The highest BCUT2D eigenvalue weighted by atomic mass is 35.5. The number of imide groups is 1. The Bertz CT molecular complexity index is 1680. The molecule has 5 rings (SSSR count). The molecule has 0 unspecified atom stereocenters. The van der Waals surface area contributed by atoms with Crippen LogP contribution in [0.2, 0.25) is 5.02 Å². The molecule has 208 valence electrons. The Labute approximate surface area is 245 Å². The van der Waals surface area contributed by atoms with Crippen molar-refractivity contribution in [3.8, 4) is 0 Å². The van der Waals surface area contributed by atoms with Gasteiger partial charge >= 0.3 is 5.97 Å². The van der Waals surface area contributed by atoms with Crippen molar-refractivity contribution >= 4 is 69.1 Å². The second-order valence-corrected chi connectivity index (χ2v) is 10.8. The van der Waals surface area contributed by atoms with Crippen LogP contribution in [-0.2, 0) is 20.9 Å². The van der Waals surface area contributed by atoms with Gasteiger partial charge in [0.2, 0.25) is 5.91 Å². The van der Waals surface area contributed by atoms with Crippen LogP contribution < -0.4 is 5.32 Å². The molecule has 0 bridgehead atoms. The molecule has 0 spiro atoms. The molecule has 8 nitrogen and oxygen atoms in total. The first-order valence-electron chi connectivity index (χ1n) is 13.0. The number of thioether (sulfide) groups is 1. The van der Waals surface area contributed by atoms with Gasteiger partial charge in [-0.3, -0.25) is 19.3 Å². The van der Waals surface area contributed by atoms with E-state index in [0.717, 1.165) is 38.7 Å². The average Bonchev–Trinajstić information content (AvgIpc) is 3.44. The van der Waals surface area contributed by atoms with Crippen molar-refractivity contribution in [2.75, 3.05) is 18.5 Å². The zero-order chi connectivity index (χ0) is 28.9. The fraction of sp³-hybridized carbons (Fsp3) is 0.161. The predicted octanol–water partition coefficient (Wildman–Crippen LogP) is 6.58. The lowest BCUT2D eigenvalue weighted by molar-refractivity contribution is -0.127. The van der Waals surface area contributed by atoms with Gasteiger partial charge in [0.05, 0.1) is 22.1 Å². The standard InChI is InChI=1S/C31H26ClN3O5S/c1-2-14-40-30(38)24-16-22(12-13-25(24)32)33-28(36)19-35-29(37)27(41-31(35)39)15-21-18-34(17-20-8-4-3-5-9-20)26-11-7-6-10-23(21)26/h3-13,15-16,18H,2,14,17,19H2,1H3,(H,33,36)/b27-15-. The Balaban J connectivity index is 1.31. The van der Waals surface area contributed by atoms with Crippen molar-refractivity contribution in [2.45, 2.75) is 19.9 Å². The van der Waals surface area contributed by atoms with Crippen LogP contribution in [0.25, 0.3) is 17.0 Å². The van der Waals surface area contributed by atoms with Crippen LogP contribution in [0, 0.1) is 0 Å². The van der Waals surface area contributed by atoms with Gasteiger partial charge in [0, 0.05) is 34.9 Å². The molecule has 0 radical (unpaired) electrons. The number of carbonyl (C=O) groups is 4. The summed E-state index contributed by atoms with van der Waals surface area (Å²) in [6.45, 7) is 2.29. The highest BCUT2D eigenvalue weighted by Crippen LogP contribution is 2.34. The summed E-state index contributed by atoms with van der Waals surface area (Å²) in [7, 11) is 0. The summed E-state index contributed by atoms with van der Waals surface area (Å²) in [6, 6.07) is 22.3. The minimum atomic E-state index is -0.603. The molecule has 4 aromatic rings. The molecule has 41 heavy (non-hydrogen) atoms. The molecule has 1 aliphatic rings. The van der Waals surface area contributed by atoms with Gasteiger partial charge in [-0.05, 0) is 54.1 Å². The van der Waals surface area contributed by atoms with Gasteiger partial charge in [-0.15, -0.1) is 0 Å². The molecule has 2 heterocycles. The zero-order valence-corrected chi connectivity index (χ0v) is 23.7. The van der Waals surface area contributed by atoms with Gasteiger partial charge in [0.25, 0.3) is 11.1 Å². The van der Waals surface area contributed by atoms with Crippen molar-refractivity contribution < 1.29 is 23.9 Å². The number of carbonyl (C=O) groups excluding carboxylic acids is 4. The van der Waals surface area contributed by atoms with Crippen molar-refractivity contribution in [3.63, 3.8) is 0 Å². The zero-order valence-electron chi connectivity index (χ0n) is 22.1. The van der Waals surface area contributed by atoms with E-state index in [4.69, 9.17) is 16.3 Å². The number of para-hydroxylation sites is 1. The number of fused-ring (bicyclic) bond motifs is 1. The number of anilines is 1. The van der Waals surface area contributed by atoms with E-state index < -0.39 is 29.6 Å². The van der Waals surface area contributed by atoms with Crippen molar-refractivity contribution in [3.05, 3.63) is 106 Å². The number of ether oxygens (including phenoxy) is 1. The fourth-order valence-electron chi connectivity index (χ4n) is 4.45. The summed E-state index contributed by atoms with van der Waals surface area (Å²) < 4.78 is 7.23. The number of amides is 3. The first-order valence-corrected chi connectivity index (χ1v) is 14.2. The predicted molar refractivity (Wildman–Crippen MR) is 161 cm³/mol. The maximum atomic E-state index is 13.2. The maximum absolute atomic E-state index is 13.2. The molecule has 3 amide bonds. The Morgan fingerprint density at radius 3 is 2.56 bits per heavy atom. The number of rotatable bonds is 9. The minimum Gasteiger partial charge on any atom is -0.462 e. The normalized spacial score (nSPS) is 14.2. The average molecular weight is 588 g/mol. The monoisotopic (exact) mass is 587 g/mol. The number of nitrogens with zero attached hydrogens (tertiary/aromatic N) is 2. The molecule has 10 heteroatoms. The summed E-state index contributed by atoms with van der Waals surface area (Å²) in [6.07, 6.45) is 4.31. The van der Waals surface area contributed by atoms with E-state index >= 15 is 0 Å². The topological polar surface area (TPSA) is 97.7 Å². The van der Waals surface area contributed by atoms with Gasteiger partial charge in [-0.1, -0.05) is 67.1 Å². The van der Waals surface area contributed by atoms with Crippen LogP contribution in [0.5, 0.6) is 0 Å². The number of benzene rings is 3. The van der Waals surface area contributed by atoms with Crippen molar-refractivity contribution in [2.24, 2.45) is 0 Å². The summed E-state index contributed by atoms with van der Waals surface area (Å²) in [4.78, 5) is 52.1. The third kappa shape index (κ3) is 6.37. The molecule has 0 saturated carbocycles. The smallest absolute Gasteiger partial charge is 0.339 e. The van der Waals surface area contributed by atoms with Gasteiger partial charge in [0.1, 0.15) is 6.54 Å². The molecule has 0 atom stereocenters. The molecule has 1 saturated heterocycles. The van der Waals surface area contributed by atoms with Crippen LogP contribution in [-0.4, -0.2) is 45.6 Å². The van der Waals surface area contributed by atoms with Crippen LogP contribution in [0.1, 0.15) is 34.8 Å². The molecule has 3 aromatic carbocycles. The van der Waals surface area contributed by atoms with Gasteiger partial charge in [0.15, 0.2) is 0 Å². The first kappa shape index (κ1) is 28.2. The minimum absolute atomic E-state index is 0.110. The third-order valence-electron chi connectivity index (χ3n) is 6.38. The molecule has 1 N–H and O–H groups in total. The molecule has 1 aliphatic heterocycles. The third-order valence-corrected chi connectivity index (χ3v) is 7.62. The molecular formula is C31H26ClN3O5S. The van der Waals surface area contributed by atoms with E-state index in [1.165, 1.54) is 18.2 Å². The lowest BCUT2D eigenvalue weighted by atomic mass is 10.1. The van der Waals surface area contributed by atoms with E-state index in [1.807, 2.05) is 67.7 Å². The largest absolute Gasteiger partial charge is 0.462 e. The second-order valence-electron chi connectivity index (χ2n) is 9.36. The van der Waals surface area contributed by atoms with Crippen LogP contribution in [0.4, 0.5) is 10.5 Å². The SMILES string of the molecule is CCCOC(=O)c1cc(NC(=O)CN2C(=O)S/C(=C\c3cn(Cc4ccccc4)c4ccccc34)C2=O)ccc1Cl. The van der Waals surface area contributed by atoms with Gasteiger partial charge < -0.3 is 14.6 Å². The van der Waals surface area contributed by atoms with E-state index in [9.17, 15) is 19.2 Å². The first-order chi connectivity index (χ1) is 19.8. The number of hydrogen-bond acceptors (Lipinski definition) is 6. The molecule has 0 aliphatic carbocycles. The highest BCUT2D eigenvalue weighted by Gasteiger charge is 2.36. The summed E-state index contributed by atoms with van der Waals surface area (Å²) in [5.41, 5.74) is 3.34. The molecule has 1 fully saturated rings. The Morgan fingerprint density at radius 2 is 1.78 bits per heavy atom. The molecular weight excluding hydrogens is 562 g/mol. The second kappa shape index (κ2) is 12.4. The van der Waals surface area contributed by atoms with Crippen LogP contribution >= 0.6 is 23.4 Å². The van der Waals surface area contributed by atoms with Gasteiger partial charge in [-0.2, -0.15) is 0 Å². The number of nitrogens with one attached hydrogen (secondary N) is 1. The van der Waals surface area contributed by atoms with Crippen molar-refractivity contribution in [1.82, 2.24) is 9.47 Å². The quantitative estimate of drug-likeness (QED) is 0.175. The van der Waals surface area contributed by atoms with Gasteiger partial charge in [-0.25, -0.2) is 4.79 Å². The summed E-state index contributed by atoms with van der Waals surface area (Å²) >= 11 is 6.91. The maximum Gasteiger partial charge on any atom is 0.339 e.